The Morgan fingerprint density at radius 3 is 2.48 bits per heavy atom. The first-order valence-electron chi connectivity index (χ1n) is 7.17. The highest BCUT2D eigenvalue weighted by Gasteiger charge is 2.26. The summed E-state index contributed by atoms with van der Waals surface area (Å²) >= 11 is 0. The Balaban J connectivity index is 2.38. The minimum Gasteiger partial charge on any atom is -0.496 e. The molecule has 1 atom stereocenters. The first kappa shape index (κ1) is 16.6. The molecule has 2 N–H and O–H groups in total. The number of carbonyl (C=O) groups is 2. The number of rotatable bonds is 7. The molecule has 6 nitrogen and oxygen atoms in total. The summed E-state index contributed by atoms with van der Waals surface area (Å²) in [6.07, 6.45) is 0.819. The molecule has 0 aliphatic carbocycles. The van der Waals surface area contributed by atoms with Crippen molar-refractivity contribution in [1.82, 2.24) is 0 Å². The van der Waals surface area contributed by atoms with Gasteiger partial charge in [-0.2, -0.15) is 0 Å². The van der Waals surface area contributed by atoms with Crippen LogP contribution in [-0.2, 0) is 17.6 Å². The van der Waals surface area contributed by atoms with Crippen LogP contribution in [-0.4, -0.2) is 29.3 Å². The SMILES string of the molecule is CCc1ccc(OC)c(C(Cc2ccc(C(=O)O)o2)C(=O)O)c1. The number of carboxylic acids is 2. The van der Waals surface area contributed by atoms with Gasteiger partial charge in [0.1, 0.15) is 11.5 Å². The lowest BCUT2D eigenvalue weighted by molar-refractivity contribution is -0.138. The summed E-state index contributed by atoms with van der Waals surface area (Å²) in [5, 5.41) is 18.5. The number of aryl methyl sites for hydroxylation is 1. The van der Waals surface area contributed by atoms with Gasteiger partial charge < -0.3 is 19.4 Å². The molecular formula is C17H18O6. The van der Waals surface area contributed by atoms with Gasteiger partial charge in [0.2, 0.25) is 5.76 Å². The van der Waals surface area contributed by atoms with Crippen molar-refractivity contribution in [2.75, 3.05) is 7.11 Å². The maximum absolute atomic E-state index is 11.7. The number of furan rings is 1. The third-order valence-corrected chi connectivity index (χ3v) is 3.65. The van der Waals surface area contributed by atoms with E-state index in [4.69, 9.17) is 14.3 Å². The van der Waals surface area contributed by atoms with Crippen molar-refractivity contribution in [3.8, 4) is 5.75 Å². The molecule has 0 aliphatic heterocycles. The molecule has 0 saturated heterocycles. The molecule has 2 aromatic rings. The molecule has 1 heterocycles. The van der Waals surface area contributed by atoms with Gasteiger partial charge in [0.05, 0.1) is 13.0 Å². The maximum Gasteiger partial charge on any atom is 0.371 e. The van der Waals surface area contributed by atoms with Gasteiger partial charge in [-0.25, -0.2) is 4.79 Å². The number of methoxy groups -OCH3 is 1. The fourth-order valence-corrected chi connectivity index (χ4v) is 2.41. The molecule has 6 heteroatoms. The highest BCUT2D eigenvalue weighted by Crippen LogP contribution is 2.31. The van der Waals surface area contributed by atoms with Gasteiger partial charge >= 0.3 is 11.9 Å². The molecule has 0 spiro atoms. The number of ether oxygens (including phenoxy) is 1. The fourth-order valence-electron chi connectivity index (χ4n) is 2.41. The van der Waals surface area contributed by atoms with Crippen LogP contribution in [0.5, 0.6) is 5.75 Å². The summed E-state index contributed by atoms with van der Waals surface area (Å²) in [6, 6.07) is 8.23. The Kier molecular flexibility index (Phi) is 5.05. The molecule has 0 aliphatic rings. The lowest BCUT2D eigenvalue weighted by Crippen LogP contribution is -2.15. The smallest absolute Gasteiger partial charge is 0.371 e. The van der Waals surface area contributed by atoms with E-state index in [0.717, 1.165) is 12.0 Å². The zero-order valence-electron chi connectivity index (χ0n) is 12.9. The van der Waals surface area contributed by atoms with E-state index in [1.54, 1.807) is 12.1 Å². The van der Waals surface area contributed by atoms with Crippen LogP contribution in [0.2, 0.25) is 0 Å². The number of hydrogen-bond donors (Lipinski definition) is 2. The quantitative estimate of drug-likeness (QED) is 0.814. The third-order valence-electron chi connectivity index (χ3n) is 3.65. The van der Waals surface area contributed by atoms with E-state index >= 15 is 0 Å². The van der Waals surface area contributed by atoms with Crippen LogP contribution in [0.3, 0.4) is 0 Å². The summed E-state index contributed by atoms with van der Waals surface area (Å²) in [5.74, 6) is -2.51. The van der Waals surface area contributed by atoms with E-state index in [1.807, 2.05) is 13.0 Å². The van der Waals surface area contributed by atoms with Crippen LogP contribution in [0.25, 0.3) is 0 Å². The van der Waals surface area contributed by atoms with Gasteiger partial charge in [-0.3, -0.25) is 4.79 Å². The van der Waals surface area contributed by atoms with Crippen molar-refractivity contribution >= 4 is 11.9 Å². The first-order valence-corrected chi connectivity index (χ1v) is 7.17. The predicted octanol–water partition coefficient (Wildman–Crippen LogP) is 2.96. The highest BCUT2D eigenvalue weighted by molar-refractivity contribution is 5.84. The fraction of sp³-hybridized carbons (Fsp3) is 0.294. The van der Waals surface area contributed by atoms with Crippen LogP contribution in [0.1, 0.15) is 40.3 Å². The van der Waals surface area contributed by atoms with E-state index in [0.29, 0.717) is 17.1 Å². The summed E-state index contributed by atoms with van der Waals surface area (Å²) in [7, 11) is 1.48. The molecule has 0 fully saturated rings. The highest BCUT2D eigenvalue weighted by atomic mass is 16.5. The molecular weight excluding hydrogens is 300 g/mol. The molecule has 122 valence electrons. The predicted molar refractivity (Wildman–Crippen MR) is 82.1 cm³/mol. The zero-order valence-corrected chi connectivity index (χ0v) is 12.9. The lowest BCUT2D eigenvalue weighted by Gasteiger charge is -2.16. The number of aliphatic carboxylic acids is 1. The number of benzene rings is 1. The van der Waals surface area contributed by atoms with Crippen molar-refractivity contribution < 1.29 is 29.0 Å². The Morgan fingerprint density at radius 1 is 1.22 bits per heavy atom. The number of hydrogen-bond acceptors (Lipinski definition) is 4. The second-order valence-corrected chi connectivity index (χ2v) is 5.10. The lowest BCUT2D eigenvalue weighted by atomic mass is 9.92. The average molecular weight is 318 g/mol. The minimum absolute atomic E-state index is 0.0478. The number of aromatic carboxylic acids is 1. The van der Waals surface area contributed by atoms with E-state index in [-0.39, 0.29) is 12.2 Å². The van der Waals surface area contributed by atoms with Crippen LogP contribution >= 0.6 is 0 Å². The van der Waals surface area contributed by atoms with Crippen molar-refractivity contribution in [3.05, 3.63) is 53.0 Å². The van der Waals surface area contributed by atoms with Gasteiger partial charge in [0, 0.05) is 12.0 Å². The average Bonchev–Trinajstić information content (AvgIpc) is 3.00. The van der Waals surface area contributed by atoms with E-state index in [2.05, 4.69) is 0 Å². The van der Waals surface area contributed by atoms with Crippen LogP contribution in [0.4, 0.5) is 0 Å². The largest absolute Gasteiger partial charge is 0.496 e. The molecule has 2 rings (SSSR count). The van der Waals surface area contributed by atoms with Crippen LogP contribution < -0.4 is 4.74 Å². The summed E-state index contributed by atoms with van der Waals surface area (Å²) < 4.78 is 10.4. The van der Waals surface area contributed by atoms with Crippen molar-refractivity contribution in [1.29, 1.82) is 0 Å². The molecule has 1 aromatic carbocycles. The second kappa shape index (κ2) is 7.00. The van der Waals surface area contributed by atoms with Crippen LogP contribution in [0, 0.1) is 0 Å². The normalized spacial score (nSPS) is 11.9. The number of carboxylic acid groups (broad SMARTS) is 2. The molecule has 1 unspecified atom stereocenters. The van der Waals surface area contributed by atoms with E-state index < -0.39 is 17.9 Å². The maximum atomic E-state index is 11.7. The van der Waals surface area contributed by atoms with Gasteiger partial charge in [-0.15, -0.1) is 0 Å². The summed E-state index contributed by atoms with van der Waals surface area (Å²) in [6.45, 7) is 1.98. The van der Waals surface area contributed by atoms with E-state index in [1.165, 1.54) is 19.2 Å². The van der Waals surface area contributed by atoms with Gasteiger partial charge in [-0.1, -0.05) is 19.1 Å². The molecule has 0 radical (unpaired) electrons. The molecule has 0 amide bonds. The molecule has 1 aromatic heterocycles. The van der Waals surface area contributed by atoms with Crippen molar-refractivity contribution in [2.24, 2.45) is 0 Å². The molecule has 0 bridgehead atoms. The Morgan fingerprint density at radius 2 is 1.96 bits per heavy atom. The third kappa shape index (κ3) is 3.71. The topological polar surface area (TPSA) is 97.0 Å². The van der Waals surface area contributed by atoms with Gasteiger partial charge in [0.25, 0.3) is 0 Å². The molecule has 0 saturated carbocycles. The monoisotopic (exact) mass is 318 g/mol. The van der Waals surface area contributed by atoms with Crippen molar-refractivity contribution in [3.63, 3.8) is 0 Å². The zero-order chi connectivity index (χ0) is 17.0. The first-order chi connectivity index (χ1) is 11.0. The summed E-state index contributed by atoms with van der Waals surface area (Å²) in [5.41, 5.74) is 1.55. The van der Waals surface area contributed by atoms with E-state index in [9.17, 15) is 14.7 Å². The van der Waals surface area contributed by atoms with Crippen molar-refractivity contribution in [2.45, 2.75) is 25.7 Å². The molecule has 23 heavy (non-hydrogen) atoms. The minimum atomic E-state index is -1.19. The Bertz CT molecular complexity index is 716. The standard InChI is InChI=1S/C17H18O6/c1-3-10-4-6-14(22-2)12(8-10)13(16(18)19)9-11-5-7-15(23-11)17(20)21/h4-8,13H,3,9H2,1-2H3,(H,18,19)(H,20,21). The Hall–Kier alpha value is -2.76. The van der Waals surface area contributed by atoms with Crippen LogP contribution in [0.15, 0.2) is 34.7 Å². The Labute approximate surface area is 133 Å². The van der Waals surface area contributed by atoms with Gasteiger partial charge in [-0.05, 0) is 30.2 Å². The van der Waals surface area contributed by atoms with Gasteiger partial charge in [0.15, 0.2) is 0 Å². The second-order valence-electron chi connectivity index (χ2n) is 5.10. The summed E-state index contributed by atoms with van der Waals surface area (Å²) in [4.78, 5) is 22.6.